The van der Waals surface area contributed by atoms with Crippen molar-refractivity contribution in [3.8, 4) is 0 Å². The van der Waals surface area contributed by atoms with Crippen LogP contribution in [0.3, 0.4) is 0 Å². The Bertz CT molecular complexity index is 1480. The monoisotopic (exact) mass is 738 g/mol. The predicted octanol–water partition coefficient (Wildman–Crippen LogP) is 3.02. The maximum absolute atomic E-state index is 12.9. The molecule has 5 aliphatic rings. The number of aliphatic hydroxyl groups is 3. The Morgan fingerprint density at radius 3 is 2.24 bits per heavy atom. The van der Waals surface area contributed by atoms with Crippen molar-refractivity contribution < 1.29 is 63.9 Å². The Hall–Kier alpha value is -1.05. The Morgan fingerprint density at radius 2 is 1.63 bits per heavy atom. The maximum atomic E-state index is 12.9. The van der Waals surface area contributed by atoms with E-state index in [4.69, 9.17) is 13.7 Å². The average Bonchev–Trinajstić information content (AvgIpc) is 3.34. The molecule has 0 bridgehead atoms. The van der Waals surface area contributed by atoms with E-state index in [1.807, 2.05) is 13.8 Å². The fourth-order valence-corrected chi connectivity index (χ4v) is 11.5. The molecule has 3 saturated carbocycles. The van der Waals surface area contributed by atoms with Crippen molar-refractivity contribution in [2.24, 2.45) is 46.3 Å². The van der Waals surface area contributed by atoms with Crippen LogP contribution in [-0.2, 0) is 43.4 Å². The Kier molecular flexibility index (Phi) is 11.2. The number of carbonyl (C=O) groups excluding carboxylic acids is 1. The van der Waals surface area contributed by atoms with Gasteiger partial charge < -0.3 is 24.8 Å². The van der Waals surface area contributed by atoms with E-state index < -0.39 is 75.2 Å². The Labute approximate surface area is 289 Å². The zero-order valence-corrected chi connectivity index (χ0v) is 30.7. The van der Waals surface area contributed by atoms with Gasteiger partial charge >= 0.3 is 20.8 Å². The molecule has 16 heteroatoms. The summed E-state index contributed by atoms with van der Waals surface area (Å²) in [6.07, 6.45) is -3.17. The molecule has 0 amide bonds. The minimum Gasteiger partial charge on any atom is -0.387 e. The highest BCUT2D eigenvalue weighted by molar-refractivity contribution is 7.81. The predicted molar refractivity (Wildman–Crippen MR) is 174 cm³/mol. The summed E-state index contributed by atoms with van der Waals surface area (Å²) in [5, 5.41) is 32.3. The first-order valence-corrected chi connectivity index (χ1v) is 20.2. The molecule has 0 aromatic carbocycles. The van der Waals surface area contributed by atoms with Gasteiger partial charge in [0.25, 0.3) is 0 Å². The molecule has 14 nitrogen and oxygen atoms in total. The number of Topliss-reactive ketones (excluding diaryl/α,β-unsaturated/α-hetero) is 1. The van der Waals surface area contributed by atoms with Crippen LogP contribution in [0.1, 0.15) is 92.9 Å². The van der Waals surface area contributed by atoms with Crippen LogP contribution in [-0.4, -0.2) is 96.1 Å². The smallest absolute Gasteiger partial charge is 0.387 e. The highest BCUT2D eigenvalue weighted by Crippen LogP contribution is 2.67. The van der Waals surface area contributed by atoms with Crippen LogP contribution in [0.15, 0.2) is 11.6 Å². The number of fused-ring (bicyclic) bond motifs is 5. The third-order valence-electron chi connectivity index (χ3n) is 12.8. The van der Waals surface area contributed by atoms with Crippen molar-refractivity contribution in [3.05, 3.63) is 11.6 Å². The first-order chi connectivity index (χ1) is 22.6. The lowest BCUT2D eigenvalue weighted by Gasteiger charge is -2.59. The van der Waals surface area contributed by atoms with Crippen molar-refractivity contribution in [3.63, 3.8) is 0 Å². The zero-order valence-electron chi connectivity index (χ0n) is 29.0. The van der Waals surface area contributed by atoms with Gasteiger partial charge in [-0.05, 0) is 98.2 Å². The topological polar surface area (TPSA) is 223 Å². The highest BCUT2D eigenvalue weighted by Gasteiger charge is 2.61. The van der Waals surface area contributed by atoms with E-state index in [2.05, 4.69) is 31.0 Å². The Morgan fingerprint density at radius 1 is 0.980 bits per heavy atom. The number of carbonyl (C=O) groups is 1. The molecule has 10 unspecified atom stereocenters. The zero-order chi connectivity index (χ0) is 36.4. The molecular weight excluding hydrogens is 684 g/mol. The first-order valence-electron chi connectivity index (χ1n) is 17.5. The Balaban J connectivity index is 1.43. The molecule has 0 spiro atoms. The van der Waals surface area contributed by atoms with E-state index >= 15 is 0 Å². The molecule has 1 aliphatic heterocycles. The molecule has 1 saturated heterocycles. The van der Waals surface area contributed by atoms with Crippen LogP contribution in [0.25, 0.3) is 0 Å². The fraction of sp³-hybridized carbons (Fsp3) is 0.909. The molecule has 4 aliphatic carbocycles. The molecule has 282 valence electrons. The summed E-state index contributed by atoms with van der Waals surface area (Å²) in [6, 6.07) is 0. The van der Waals surface area contributed by atoms with E-state index in [0.29, 0.717) is 25.7 Å². The van der Waals surface area contributed by atoms with Gasteiger partial charge in [-0.2, -0.15) is 16.8 Å². The standard InChI is InChI=1S/C33H54O14S2/c1-16(2)27(35)25(34)13-17(3)21-7-8-22-20-15-26(45-31-29(37)28(36)30(18(4)44-31)47-49(41,42)43)24-14-19(46-48(38,39)40)9-11-33(24,6)23(20)10-12-32(21,22)5/h10,16-22,24,26-31,35-37H,7-9,11-15H2,1-6H3,(H,38,39,40)(H,41,42,43)/t17-,18?,19?,20?,21?,22?,24?,26?,27?,28?,29?,30-,31+,32-,33-/m1/s1. The molecule has 49 heavy (non-hydrogen) atoms. The van der Waals surface area contributed by atoms with Gasteiger partial charge in [0.1, 0.15) is 24.4 Å². The maximum Gasteiger partial charge on any atom is 0.397 e. The van der Waals surface area contributed by atoms with Crippen molar-refractivity contribution in [2.45, 2.75) is 142 Å². The second-order valence-corrected chi connectivity index (χ2v) is 18.2. The molecule has 0 aromatic rings. The van der Waals surface area contributed by atoms with Crippen molar-refractivity contribution in [1.82, 2.24) is 0 Å². The number of ether oxygens (including phenoxy) is 2. The lowest BCUT2D eigenvalue weighted by atomic mass is 9.47. The lowest BCUT2D eigenvalue weighted by Crippen LogP contribution is -2.61. The van der Waals surface area contributed by atoms with E-state index in [1.54, 1.807) is 0 Å². The van der Waals surface area contributed by atoms with E-state index in [0.717, 1.165) is 19.3 Å². The lowest BCUT2D eigenvalue weighted by molar-refractivity contribution is -0.312. The average molecular weight is 739 g/mol. The third-order valence-corrected chi connectivity index (χ3v) is 13.8. The van der Waals surface area contributed by atoms with Crippen LogP contribution in [0, 0.1) is 46.3 Å². The largest absolute Gasteiger partial charge is 0.397 e. The van der Waals surface area contributed by atoms with E-state index in [1.165, 1.54) is 12.5 Å². The second kappa shape index (κ2) is 14.1. The van der Waals surface area contributed by atoms with Crippen LogP contribution in [0.4, 0.5) is 0 Å². The van der Waals surface area contributed by atoms with Crippen molar-refractivity contribution >= 4 is 26.6 Å². The summed E-state index contributed by atoms with van der Waals surface area (Å²) in [5.74, 6) is -0.0488. The number of ketones is 1. The van der Waals surface area contributed by atoms with Gasteiger partial charge in [0.05, 0.1) is 18.3 Å². The summed E-state index contributed by atoms with van der Waals surface area (Å²) in [5.41, 5.74) is 0.668. The van der Waals surface area contributed by atoms with Crippen LogP contribution in [0.2, 0.25) is 0 Å². The number of hydrogen-bond donors (Lipinski definition) is 5. The van der Waals surface area contributed by atoms with Crippen LogP contribution in [0.5, 0.6) is 0 Å². The number of aliphatic hydroxyl groups excluding tert-OH is 3. The quantitative estimate of drug-likeness (QED) is 0.152. The SMILES string of the molecule is CC(C)C(O)C(=O)C[C@@H](C)C1CCC2C3CC(O[C@@H]4OC(C)[C@@H](OS(=O)(=O)O)C(O)C4O)C4CC(OS(=O)(=O)O)CC[C@]4(C)C3=CC[C@@]21C. The number of allylic oxidation sites excluding steroid dienone is 2. The summed E-state index contributed by atoms with van der Waals surface area (Å²) in [6.45, 7) is 11.6. The summed E-state index contributed by atoms with van der Waals surface area (Å²) in [7, 11) is -9.69. The second-order valence-electron chi connectivity index (χ2n) is 16.1. The van der Waals surface area contributed by atoms with Gasteiger partial charge in [0, 0.05) is 6.42 Å². The van der Waals surface area contributed by atoms with Gasteiger partial charge in [-0.15, -0.1) is 0 Å². The first kappa shape index (κ1) is 39.2. The van der Waals surface area contributed by atoms with Gasteiger partial charge in [0.15, 0.2) is 12.1 Å². The minimum atomic E-state index is -4.97. The van der Waals surface area contributed by atoms with Crippen molar-refractivity contribution in [1.29, 1.82) is 0 Å². The highest BCUT2D eigenvalue weighted by atomic mass is 32.3. The molecular formula is C33H54O14S2. The molecule has 0 aromatic heterocycles. The van der Waals surface area contributed by atoms with Crippen molar-refractivity contribution in [2.75, 3.05) is 0 Å². The van der Waals surface area contributed by atoms with Crippen LogP contribution < -0.4 is 0 Å². The van der Waals surface area contributed by atoms with Crippen LogP contribution >= 0.6 is 0 Å². The van der Waals surface area contributed by atoms with Gasteiger partial charge in [0.2, 0.25) is 0 Å². The molecule has 15 atom stereocenters. The summed E-state index contributed by atoms with van der Waals surface area (Å²) >= 11 is 0. The van der Waals surface area contributed by atoms with Gasteiger partial charge in [-0.25, -0.2) is 8.37 Å². The number of rotatable bonds is 11. The van der Waals surface area contributed by atoms with Gasteiger partial charge in [-0.1, -0.05) is 46.3 Å². The fourth-order valence-electron chi connectivity index (χ4n) is 10.4. The minimum absolute atomic E-state index is 0.0527. The molecule has 5 rings (SSSR count). The van der Waals surface area contributed by atoms with E-state index in [-0.39, 0.29) is 53.1 Å². The molecule has 0 radical (unpaired) electrons. The molecule has 5 N–H and O–H groups in total. The molecule has 1 heterocycles. The van der Waals surface area contributed by atoms with E-state index in [9.17, 15) is 46.1 Å². The molecule has 4 fully saturated rings. The summed E-state index contributed by atoms with van der Waals surface area (Å²) < 4.78 is 86.8. The number of hydrogen-bond acceptors (Lipinski definition) is 12. The third kappa shape index (κ3) is 7.85. The summed E-state index contributed by atoms with van der Waals surface area (Å²) in [4.78, 5) is 12.9. The normalized spacial score (nSPS) is 44.0. The van der Waals surface area contributed by atoms with Gasteiger partial charge in [-0.3, -0.25) is 13.9 Å².